The van der Waals surface area contributed by atoms with Crippen molar-refractivity contribution < 1.29 is 9.53 Å². The lowest BCUT2D eigenvalue weighted by molar-refractivity contribution is 0.0395. The second-order valence-electron chi connectivity index (χ2n) is 6.87. The Labute approximate surface area is 147 Å². The Hall–Kier alpha value is -2.26. The first kappa shape index (κ1) is 16.6. The number of hydrogen-bond acceptors (Lipinski definition) is 2. The van der Waals surface area contributed by atoms with Gasteiger partial charge in [-0.15, -0.1) is 12.4 Å². The number of rotatable bonds is 1. The number of alkyl carbamates (subject to hydrolysis) is 1. The summed E-state index contributed by atoms with van der Waals surface area (Å²) in [5, 5.41) is 7.80. The van der Waals surface area contributed by atoms with E-state index < -0.39 is 0 Å². The number of ether oxygens (including phenoxy) is 1. The van der Waals surface area contributed by atoms with Crippen molar-refractivity contribution in [1.82, 2.24) is 5.32 Å². The summed E-state index contributed by atoms with van der Waals surface area (Å²) in [7, 11) is 0. The smallest absolute Gasteiger partial charge is 0.407 e. The Morgan fingerprint density at radius 3 is 2.12 bits per heavy atom. The summed E-state index contributed by atoms with van der Waals surface area (Å²) < 4.78 is 5.22. The molecule has 4 heteroatoms. The van der Waals surface area contributed by atoms with Gasteiger partial charge in [-0.3, -0.25) is 0 Å². The van der Waals surface area contributed by atoms with Gasteiger partial charge in [0, 0.05) is 5.41 Å². The first-order valence-corrected chi connectivity index (χ1v) is 7.90. The number of amides is 1. The Bertz CT molecular complexity index is 866. The molecule has 0 bridgehead atoms. The number of cyclic esters (lactones) is 1. The van der Waals surface area contributed by atoms with Gasteiger partial charge in [-0.05, 0) is 33.2 Å². The quantitative estimate of drug-likeness (QED) is 0.616. The van der Waals surface area contributed by atoms with Crippen LogP contribution in [0.3, 0.4) is 0 Å². The summed E-state index contributed by atoms with van der Waals surface area (Å²) >= 11 is 0. The number of carbonyl (C=O) groups excluding carboxylic acids is 1. The van der Waals surface area contributed by atoms with Gasteiger partial charge in [0.2, 0.25) is 0 Å². The Morgan fingerprint density at radius 1 is 1.00 bits per heavy atom. The van der Waals surface area contributed by atoms with Crippen LogP contribution in [0.1, 0.15) is 25.5 Å². The number of halogens is 1. The van der Waals surface area contributed by atoms with Crippen LogP contribution in [0.25, 0.3) is 21.5 Å². The maximum atomic E-state index is 11.9. The predicted molar refractivity (Wildman–Crippen MR) is 99.7 cm³/mol. The van der Waals surface area contributed by atoms with Gasteiger partial charge in [0.15, 0.2) is 0 Å². The standard InChI is InChI=1S/C20H19NO2.ClH/c1-20(2)12-23-19(22)21-18(20)17-15-9-5-3-7-13(15)11-14-8-4-6-10-16(14)17;/h3-11,18H,12H2,1-2H3,(H,21,22);1H/t18-;/m0./s1. The van der Waals surface area contributed by atoms with Crippen LogP contribution in [0.4, 0.5) is 4.79 Å². The molecule has 0 radical (unpaired) electrons. The topological polar surface area (TPSA) is 38.3 Å². The Balaban J connectivity index is 0.00000169. The molecule has 1 heterocycles. The van der Waals surface area contributed by atoms with Gasteiger partial charge in [0.05, 0.1) is 6.04 Å². The summed E-state index contributed by atoms with van der Waals surface area (Å²) in [6.07, 6.45) is -0.341. The molecule has 1 fully saturated rings. The van der Waals surface area contributed by atoms with Crippen molar-refractivity contribution in [1.29, 1.82) is 0 Å². The molecular weight excluding hydrogens is 322 g/mol. The highest BCUT2D eigenvalue weighted by Gasteiger charge is 2.39. The molecule has 24 heavy (non-hydrogen) atoms. The van der Waals surface area contributed by atoms with E-state index in [1.54, 1.807) is 0 Å². The summed E-state index contributed by atoms with van der Waals surface area (Å²) in [5.74, 6) is 0. The summed E-state index contributed by atoms with van der Waals surface area (Å²) in [4.78, 5) is 11.9. The number of benzene rings is 3. The average Bonchev–Trinajstić information content (AvgIpc) is 2.55. The van der Waals surface area contributed by atoms with Crippen molar-refractivity contribution in [3.05, 3.63) is 60.2 Å². The van der Waals surface area contributed by atoms with E-state index in [4.69, 9.17) is 4.74 Å². The summed E-state index contributed by atoms with van der Waals surface area (Å²) in [5.41, 5.74) is 1.00. The maximum absolute atomic E-state index is 11.9. The van der Waals surface area contributed by atoms with E-state index in [1.807, 2.05) is 0 Å². The fraction of sp³-hybridized carbons (Fsp3) is 0.250. The van der Waals surface area contributed by atoms with Gasteiger partial charge in [-0.1, -0.05) is 62.4 Å². The number of nitrogens with one attached hydrogen (secondary N) is 1. The molecule has 3 aromatic carbocycles. The molecule has 0 spiro atoms. The monoisotopic (exact) mass is 341 g/mol. The molecule has 1 aliphatic heterocycles. The predicted octanol–water partition coefficient (Wildman–Crippen LogP) is 5.22. The maximum Gasteiger partial charge on any atom is 0.407 e. The number of carbonyl (C=O) groups is 1. The largest absolute Gasteiger partial charge is 0.449 e. The Morgan fingerprint density at radius 2 is 1.54 bits per heavy atom. The highest BCUT2D eigenvalue weighted by Crippen LogP contribution is 2.42. The third-order valence-electron chi connectivity index (χ3n) is 4.72. The minimum Gasteiger partial charge on any atom is -0.449 e. The van der Waals surface area contributed by atoms with Crippen molar-refractivity contribution in [2.45, 2.75) is 19.9 Å². The van der Waals surface area contributed by atoms with Crippen LogP contribution in [0.15, 0.2) is 54.6 Å². The highest BCUT2D eigenvalue weighted by molar-refractivity contribution is 6.03. The van der Waals surface area contributed by atoms with E-state index in [2.05, 4.69) is 73.8 Å². The zero-order chi connectivity index (χ0) is 16.0. The fourth-order valence-electron chi connectivity index (χ4n) is 3.51. The van der Waals surface area contributed by atoms with Crippen LogP contribution in [0, 0.1) is 5.41 Å². The van der Waals surface area contributed by atoms with E-state index >= 15 is 0 Å². The first-order valence-electron chi connectivity index (χ1n) is 7.90. The minimum absolute atomic E-state index is 0. The van der Waals surface area contributed by atoms with Crippen LogP contribution < -0.4 is 5.32 Å². The van der Waals surface area contributed by atoms with Crippen molar-refractivity contribution >= 4 is 40.0 Å². The summed E-state index contributed by atoms with van der Waals surface area (Å²) in [6.45, 7) is 4.68. The molecule has 0 aliphatic carbocycles. The fourth-order valence-corrected chi connectivity index (χ4v) is 3.51. The van der Waals surface area contributed by atoms with Crippen molar-refractivity contribution in [3.63, 3.8) is 0 Å². The first-order chi connectivity index (χ1) is 11.1. The normalized spacial score (nSPS) is 19.4. The lowest BCUT2D eigenvalue weighted by Crippen LogP contribution is -2.47. The van der Waals surface area contributed by atoms with E-state index in [0.29, 0.717) is 6.61 Å². The molecule has 4 rings (SSSR count). The summed E-state index contributed by atoms with van der Waals surface area (Å²) in [6, 6.07) is 18.8. The molecule has 1 saturated heterocycles. The van der Waals surface area contributed by atoms with Crippen molar-refractivity contribution in [3.8, 4) is 0 Å². The molecule has 1 amide bonds. The zero-order valence-corrected chi connectivity index (χ0v) is 14.5. The third kappa shape index (κ3) is 2.59. The molecule has 3 nitrogen and oxygen atoms in total. The van der Waals surface area contributed by atoms with Crippen molar-refractivity contribution in [2.75, 3.05) is 6.61 Å². The molecule has 0 unspecified atom stereocenters. The van der Waals surface area contributed by atoms with E-state index in [-0.39, 0.29) is 30.0 Å². The molecule has 3 aromatic rings. The lowest BCUT2D eigenvalue weighted by Gasteiger charge is -2.39. The van der Waals surface area contributed by atoms with Gasteiger partial charge in [-0.2, -0.15) is 0 Å². The van der Waals surface area contributed by atoms with Crippen LogP contribution in [0.5, 0.6) is 0 Å². The second-order valence-corrected chi connectivity index (χ2v) is 6.87. The molecular formula is C20H20ClNO2. The van der Waals surface area contributed by atoms with Crippen LogP contribution in [-0.2, 0) is 4.74 Å². The number of fused-ring (bicyclic) bond motifs is 2. The zero-order valence-electron chi connectivity index (χ0n) is 13.7. The molecule has 0 saturated carbocycles. The second kappa shape index (κ2) is 5.99. The minimum atomic E-state index is -0.341. The molecule has 0 aromatic heterocycles. The molecule has 124 valence electrons. The van der Waals surface area contributed by atoms with Crippen molar-refractivity contribution in [2.24, 2.45) is 5.41 Å². The molecule has 1 N–H and O–H groups in total. The SMILES string of the molecule is CC1(C)COC(=O)N[C@H]1c1c2ccccc2cc2ccccc12.Cl. The Kier molecular flexibility index (Phi) is 4.14. The van der Waals surface area contributed by atoms with Gasteiger partial charge in [-0.25, -0.2) is 4.79 Å². The van der Waals surface area contributed by atoms with E-state index in [0.717, 1.165) is 0 Å². The molecule has 1 atom stereocenters. The lowest BCUT2D eigenvalue weighted by atomic mass is 9.77. The third-order valence-corrected chi connectivity index (χ3v) is 4.72. The van der Waals surface area contributed by atoms with E-state index in [9.17, 15) is 4.79 Å². The van der Waals surface area contributed by atoms with Gasteiger partial charge in [0.1, 0.15) is 6.61 Å². The number of hydrogen-bond donors (Lipinski definition) is 1. The van der Waals surface area contributed by atoms with E-state index in [1.165, 1.54) is 27.1 Å². The molecule has 1 aliphatic rings. The van der Waals surface area contributed by atoms with Gasteiger partial charge < -0.3 is 10.1 Å². The van der Waals surface area contributed by atoms with Gasteiger partial charge in [0.25, 0.3) is 0 Å². The highest BCUT2D eigenvalue weighted by atomic mass is 35.5. The average molecular weight is 342 g/mol. The van der Waals surface area contributed by atoms with Crippen LogP contribution in [0.2, 0.25) is 0 Å². The van der Waals surface area contributed by atoms with Crippen LogP contribution in [-0.4, -0.2) is 12.7 Å². The van der Waals surface area contributed by atoms with Gasteiger partial charge >= 0.3 is 6.09 Å². The van der Waals surface area contributed by atoms with Crippen LogP contribution >= 0.6 is 12.4 Å².